The molecule has 0 aliphatic heterocycles. The quantitative estimate of drug-likeness (QED) is 0.894. The van der Waals surface area contributed by atoms with Gasteiger partial charge in [0, 0.05) is 35.6 Å². The molecule has 0 aliphatic rings. The van der Waals surface area contributed by atoms with E-state index >= 15 is 0 Å². The molecule has 2 rings (SSSR count). The first-order chi connectivity index (χ1) is 8.19. The predicted octanol–water partition coefficient (Wildman–Crippen LogP) is 4.19. The number of hydrogen-bond donors (Lipinski definition) is 1. The largest absolute Gasteiger partial charge is 0.381 e. The van der Waals surface area contributed by atoms with Crippen LogP contribution in [0.2, 0.25) is 0 Å². The van der Waals surface area contributed by atoms with Crippen molar-refractivity contribution in [2.75, 3.05) is 5.32 Å². The fourth-order valence-electron chi connectivity index (χ4n) is 1.75. The molecule has 0 atom stereocenters. The van der Waals surface area contributed by atoms with Crippen molar-refractivity contribution in [2.45, 2.75) is 26.9 Å². The molecule has 1 N–H and O–H groups in total. The molecule has 17 heavy (non-hydrogen) atoms. The molecule has 0 amide bonds. The van der Waals surface area contributed by atoms with Gasteiger partial charge in [-0.15, -0.1) is 0 Å². The van der Waals surface area contributed by atoms with Gasteiger partial charge < -0.3 is 9.88 Å². The highest BCUT2D eigenvalue weighted by atomic mass is 79.9. The van der Waals surface area contributed by atoms with Crippen molar-refractivity contribution >= 4 is 21.6 Å². The molecule has 3 heteroatoms. The minimum absolute atomic E-state index is 0.869. The van der Waals surface area contributed by atoms with E-state index < -0.39 is 0 Å². The zero-order valence-electron chi connectivity index (χ0n) is 10.2. The molecule has 0 fully saturated rings. The first kappa shape index (κ1) is 12.2. The lowest BCUT2D eigenvalue weighted by molar-refractivity contribution is 0.766. The summed E-state index contributed by atoms with van der Waals surface area (Å²) in [7, 11) is 0. The summed E-state index contributed by atoms with van der Waals surface area (Å²) in [5.74, 6) is 0. The van der Waals surface area contributed by atoms with Crippen molar-refractivity contribution in [3.63, 3.8) is 0 Å². The molecule has 0 spiro atoms. The molecular weight excluding hydrogens is 276 g/mol. The molecule has 2 nitrogen and oxygen atoms in total. The molecule has 90 valence electrons. The Labute approximate surface area is 111 Å². The lowest BCUT2D eigenvalue weighted by Gasteiger charge is -2.07. The zero-order valence-corrected chi connectivity index (χ0v) is 11.8. The molecule has 0 saturated carbocycles. The summed E-state index contributed by atoms with van der Waals surface area (Å²) in [5.41, 5.74) is 3.73. The van der Waals surface area contributed by atoms with Crippen molar-refractivity contribution < 1.29 is 0 Å². The Morgan fingerprint density at radius 2 is 2.12 bits per heavy atom. The van der Waals surface area contributed by atoms with Gasteiger partial charge in [0.05, 0.1) is 0 Å². The molecule has 2 aromatic rings. The van der Waals surface area contributed by atoms with Gasteiger partial charge in [0.1, 0.15) is 0 Å². The van der Waals surface area contributed by atoms with E-state index in [0.717, 1.165) is 23.2 Å². The van der Waals surface area contributed by atoms with E-state index in [-0.39, 0.29) is 0 Å². The zero-order chi connectivity index (χ0) is 12.3. The molecule has 0 bridgehead atoms. The van der Waals surface area contributed by atoms with E-state index in [1.165, 1.54) is 11.1 Å². The Bertz CT molecular complexity index is 503. The number of benzene rings is 1. The van der Waals surface area contributed by atoms with E-state index in [0.29, 0.717) is 0 Å². The van der Waals surface area contributed by atoms with Crippen molar-refractivity contribution in [3.8, 4) is 0 Å². The van der Waals surface area contributed by atoms with Crippen LogP contribution in [-0.2, 0) is 13.1 Å². The Morgan fingerprint density at radius 1 is 1.29 bits per heavy atom. The summed E-state index contributed by atoms with van der Waals surface area (Å²) < 4.78 is 3.34. The monoisotopic (exact) mass is 292 g/mol. The van der Waals surface area contributed by atoms with Gasteiger partial charge in [-0.2, -0.15) is 0 Å². The summed E-state index contributed by atoms with van der Waals surface area (Å²) in [4.78, 5) is 0. The number of nitrogens with zero attached hydrogens (tertiary/aromatic N) is 1. The molecule has 0 saturated heterocycles. The second-order valence-corrected chi connectivity index (χ2v) is 5.02. The molecule has 1 aromatic carbocycles. The molecule has 1 aromatic heterocycles. The van der Waals surface area contributed by atoms with Crippen LogP contribution < -0.4 is 5.32 Å². The highest BCUT2D eigenvalue weighted by Gasteiger charge is 1.99. The third-order valence-electron chi connectivity index (χ3n) is 2.83. The van der Waals surface area contributed by atoms with Gasteiger partial charge in [-0.25, -0.2) is 0 Å². The fraction of sp³-hybridized carbons (Fsp3) is 0.286. The van der Waals surface area contributed by atoms with Crippen LogP contribution in [-0.4, -0.2) is 4.57 Å². The summed E-state index contributed by atoms with van der Waals surface area (Å²) in [6.45, 7) is 6.14. The van der Waals surface area contributed by atoms with Crippen molar-refractivity contribution in [1.82, 2.24) is 4.57 Å². The topological polar surface area (TPSA) is 17.0 Å². The van der Waals surface area contributed by atoms with Crippen LogP contribution in [0.25, 0.3) is 0 Å². The van der Waals surface area contributed by atoms with Crippen molar-refractivity contribution in [2.24, 2.45) is 0 Å². The second-order valence-electron chi connectivity index (χ2n) is 4.17. The summed E-state index contributed by atoms with van der Waals surface area (Å²) in [6, 6.07) is 8.48. The average molecular weight is 293 g/mol. The van der Waals surface area contributed by atoms with Crippen molar-refractivity contribution in [1.29, 1.82) is 0 Å². The van der Waals surface area contributed by atoms with E-state index in [1.807, 2.05) is 0 Å². The van der Waals surface area contributed by atoms with E-state index in [2.05, 4.69) is 76.3 Å². The smallest absolute Gasteiger partial charge is 0.0415 e. The first-order valence-corrected chi connectivity index (χ1v) is 6.63. The van der Waals surface area contributed by atoms with Gasteiger partial charge in [0.2, 0.25) is 0 Å². The van der Waals surface area contributed by atoms with Crippen LogP contribution in [0.5, 0.6) is 0 Å². The van der Waals surface area contributed by atoms with Gasteiger partial charge >= 0.3 is 0 Å². The Balaban J connectivity index is 1.99. The molecule has 1 heterocycles. The molecular formula is C14H17BrN2. The lowest BCUT2D eigenvalue weighted by atomic mass is 10.2. The molecule has 0 unspecified atom stereocenters. The van der Waals surface area contributed by atoms with Crippen LogP contribution in [0.3, 0.4) is 0 Å². The Hall–Kier alpha value is -1.22. The predicted molar refractivity (Wildman–Crippen MR) is 76.3 cm³/mol. The number of aryl methyl sites for hydroxylation is 2. The number of aromatic nitrogens is 1. The van der Waals surface area contributed by atoms with Gasteiger partial charge in [-0.05, 0) is 49.2 Å². The SMILES string of the molecule is CCn1ccc(CNc2ccc(Br)c(C)c2)c1. The molecule has 0 aliphatic carbocycles. The van der Waals surface area contributed by atoms with Crippen molar-refractivity contribution in [3.05, 3.63) is 52.3 Å². The standard InChI is InChI=1S/C14H17BrN2/c1-3-17-7-6-12(10-17)9-16-13-4-5-14(15)11(2)8-13/h4-8,10,16H,3,9H2,1-2H3. The number of halogens is 1. The summed E-state index contributed by atoms with van der Waals surface area (Å²) >= 11 is 3.51. The summed E-state index contributed by atoms with van der Waals surface area (Å²) in [6.07, 6.45) is 4.29. The third-order valence-corrected chi connectivity index (χ3v) is 3.72. The van der Waals surface area contributed by atoms with Crippen LogP contribution in [0.15, 0.2) is 41.1 Å². The summed E-state index contributed by atoms with van der Waals surface area (Å²) in [5, 5.41) is 3.43. The number of hydrogen-bond acceptors (Lipinski definition) is 1. The number of nitrogens with one attached hydrogen (secondary N) is 1. The minimum Gasteiger partial charge on any atom is -0.381 e. The second kappa shape index (κ2) is 5.41. The van der Waals surface area contributed by atoms with Gasteiger partial charge in [0.15, 0.2) is 0 Å². The maximum absolute atomic E-state index is 3.51. The van der Waals surface area contributed by atoms with Crippen LogP contribution >= 0.6 is 15.9 Å². The fourth-order valence-corrected chi connectivity index (χ4v) is 2.00. The Kier molecular flexibility index (Phi) is 3.89. The Morgan fingerprint density at radius 3 is 2.76 bits per heavy atom. The first-order valence-electron chi connectivity index (χ1n) is 5.83. The average Bonchev–Trinajstić information content (AvgIpc) is 2.79. The van der Waals surface area contributed by atoms with Gasteiger partial charge in [-0.1, -0.05) is 15.9 Å². The van der Waals surface area contributed by atoms with E-state index in [9.17, 15) is 0 Å². The highest BCUT2D eigenvalue weighted by Crippen LogP contribution is 2.20. The maximum atomic E-state index is 3.51. The van der Waals surface area contributed by atoms with Gasteiger partial charge in [-0.3, -0.25) is 0 Å². The lowest BCUT2D eigenvalue weighted by Crippen LogP contribution is -1.99. The number of anilines is 1. The minimum atomic E-state index is 0.869. The maximum Gasteiger partial charge on any atom is 0.0415 e. The van der Waals surface area contributed by atoms with E-state index in [1.54, 1.807) is 0 Å². The van der Waals surface area contributed by atoms with Crippen LogP contribution in [0.4, 0.5) is 5.69 Å². The third kappa shape index (κ3) is 3.13. The van der Waals surface area contributed by atoms with Crippen LogP contribution in [0.1, 0.15) is 18.1 Å². The number of rotatable bonds is 4. The highest BCUT2D eigenvalue weighted by molar-refractivity contribution is 9.10. The van der Waals surface area contributed by atoms with Gasteiger partial charge in [0.25, 0.3) is 0 Å². The van der Waals surface area contributed by atoms with Crippen LogP contribution in [0, 0.1) is 6.92 Å². The molecule has 0 radical (unpaired) electrons. The van der Waals surface area contributed by atoms with E-state index in [4.69, 9.17) is 0 Å². The normalized spacial score (nSPS) is 10.5.